The summed E-state index contributed by atoms with van der Waals surface area (Å²) in [4.78, 5) is 0. The van der Waals surface area contributed by atoms with E-state index in [1.807, 2.05) is 6.92 Å². The van der Waals surface area contributed by atoms with Gasteiger partial charge in [0.2, 0.25) is 0 Å². The molecule has 0 bridgehead atoms. The molecule has 0 heteroatoms. The van der Waals surface area contributed by atoms with Crippen LogP contribution in [0.25, 0.3) is 0 Å². The normalized spacial score (nSPS) is 11.6. The van der Waals surface area contributed by atoms with Crippen molar-refractivity contribution >= 4 is 0 Å². The van der Waals surface area contributed by atoms with Crippen molar-refractivity contribution in [3.63, 3.8) is 0 Å². The van der Waals surface area contributed by atoms with E-state index < -0.39 is 0 Å². The second-order valence-electron chi connectivity index (χ2n) is 3.54. The largest absolute Gasteiger partial charge is 0.103 e. The molecule has 0 fully saturated rings. The maximum absolute atomic E-state index is 6.86. The van der Waals surface area contributed by atoms with Crippen LogP contribution in [0.5, 0.6) is 0 Å². The predicted molar refractivity (Wildman–Crippen MR) is 52.8 cm³/mol. The lowest BCUT2D eigenvalue weighted by Crippen LogP contribution is -1.87. The Morgan fingerprint density at radius 2 is 1.83 bits per heavy atom. The van der Waals surface area contributed by atoms with Crippen LogP contribution < -0.4 is 0 Å². The zero-order chi connectivity index (χ0) is 9.40. The summed E-state index contributed by atoms with van der Waals surface area (Å²) in [5.41, 5.74) is 0. The monoisotopic (exact) mass is 161 g/mol. The van der Waals surface area contributed by atoms with Crippen molar-refractivity contribution in [1.29, 1.82) is 0 Å². The molecule has 65 valence electrons. The number of hydrogen-bond acceptors (Lipinski definition) is 0. The van der Waals surface area contributed by atoms with E-state index in [4.69, 9.17) is 6.42 Å². The Morgan fingerprint density at radius 3 is 2.33 bits per heavy atom. The van der Waals surface area contributed by atoms with Gasteiger partial charge in [-0.3, -0.25) is 0 Å². The van der Waals surface area contributed by atoms with E-state index in [9.17, 15) is 0 Å². The highest BCUT2D eigenvalue weighted by molar-refractivity contribution is 5.00. The fourth-order valence-electron chi connectivity index (χ4n) is 0.726. The van der Waals surface area contributed by atoms with Crippen LogP contribution in [0.3, 0.4) is 0 Å². The smallest absolute Gasteiger partial charge is 0.0193 e. The first-order valence-corrected chi connectivity index (χ1v) is 4.54. The van der Waals surface area contributed by atoms with Crippen LogP contribution >= 0.6 is 0 Å². The number of rotatable bonds is 3. The topological polar surface area (TPSA) is 0 Å². The van der Waals surface area contributed by atoms with Crippen molar-refractivity contribution in [3.8, 4) is 17.8 Å². The first-order valence-electron chi connectivity index (χ1n) is 4.54. The Kier molecular flexibility index (Phi) is 6.31. The third kappa shape index (κ3) is 7.23. The minimum absolute atomic E-state index is 0.262. The maximum atomic E-state index is 6.86. The van der Waals surface area contributed by atoms with Gasteiger partial charge in [-0.2, -0.15) is 0 Å². The van der Waals surface area contributed by atoms with Crippen LogP contribution in [0.15, 0.2) is 0 Å². The fourth-order valence-corrected chi connectivity index (χ4v) is 0.726. The molecule has 0 rings (SSSR count). The molecule has 0 N–H and O–H groups in total. The van der Waals surface area contributed by atoms with Gasteiger partial charge >= 0.3 is 0 Å². The van der Waals surface area contributed by atoms with Crippen LogP contribution in [0, 0.1) is 36.0 Å². The zero-order valence-corrected chi connectivity index (χ0v) is 8.28. The molecule has 1 atom stereocenters. The van der Waals surface area contributed by atoms with Crippen molar-refractivity contribution < 1.29 is 0 Å². The zero-order valence-electron chi connectivity index (χ0n) is 8.28. The van der Waals surface area contributed by atoms with Gasteiger partial charge in [0, 0.05) is 18.8 Å². The summed E-state index contributed by atoms with van der Waals surface area (Å²) in [7, 11) is 0. The van der Waals surface area contributed by atoms with Gasteiger partial charge < -0.3 is 0 Å². The fraction of sp³-hybridized carbons (Fsp3) is 0.667. The van der Waals surface area contributed by atoms with E-state index in [-0.39, 0.29) is 5.92 Å². The Bertz CT molecular complexity index is 194. The van der Waals surface area contributed by atoms with Gasteiger partial charge in [0.05, 0.1) is 0 Å². The second kappa shape index (κ2) is 6.81. The quantitative estimate of drug-likeness (QED) is 0.558. The molecule has 0 aromatic rings. The molecule has 0 spiro atoms. The second-order valence-corrected chi connectivity index (χ2v) is 3.54. The average molecular weight is 161 g/mol. The molecule has 0 aliphatic rings. The Morgan fingerprint density at radius 1 is 1.17 bits per heavy atom. The first-order chi connectivity index (χ1) is 5.66. The Labute approximate surface area is 76.8 Å². The van der Waals surface area contributed by atoms with Crippen LogP contribution in [-0.4, -0.2) is 0 Å². The van der Waals surface area contributed by atoms with Crippen molar-refractivity contribution in [3.05, 3.63) is 6.42 Å². The molecule has 0 aromatic carbocycles. The third-order valence-corrected chi connectivity index (χ3v) is 1.58. The number of hydrogen-bond donors (Lipinski definition) is 0. The van der Waals surface area contributed by atoms with E-state index in [1.54, 1.807) is 0 Å². The summed E-state index contributed by atoms with van der Waals surface area (Å²) in [6.45, 7) is 6.34. The maximum Gasteiger partial charge on any atom is 0.0193 e. The molecule has 0 aliphatic carbocycles. The summed E-state index contributed by atoms with van der Waals surface area (Å²) in [5, 5.41) is 0. The van der Waals surface area contributed by atoms with Gasteiger partial charge in [0.1, 0.15) is 0 Å². The lowest BCUT2D eigenvalue weighted by molar-refractivity contribution is 0.670. The van der Waals surface area contributed by atoms with Crippen LogP contribution in [0.1, 0.15) is 40.0 Å². The van der Waals surface area contributed by atoms with E-state index >= 15 is 0 Å². The van der Waals surface area contributed by atoms with Crippen molar-refractivity contribution in [2.24, 2.45) is 11.8 Å². The van der Waals surface area contributed by atoms with E-state index in [0.29, 0.717) is 5.92 Å². The minimum Gasteiger partial charge on any atom is -0.103 e. The lowest BCUT2D eigenvalue weighted by Gasteiger charge is -1.97. The molecule has 0 aromatic heterocycles. The van der Waals surface area contributed by atoms with Gasteiger partial charge in [0.15, 0.2) is 0 Å². The Hall–Kier alpha value is -0.880. The van der Waals surface area contributed by atoms with Crippen LogP contribution in [0.4, 0.5) is 0 Å². The molecule has 0 saturated heterocycles. The molecule has 1 radical (unpaired) electrons. The highest BCUT2D eigenvalue weighted by Crippen LogP contribution is 2.02. The van der Waals surface area contributed by atoms with E-state index in [0.717, 1.165) is 19.3 Å². The van der Waals surface area contributed by atoms with Gasteiger partial charge in [-0.15, -0.1) is 11.8 Å². The summed E-state index contributed by atoms with van der Waals surface area (Å²) in [6, 6.07) is 0. The molecule has 0 aliphatic heterocycles. The molecule has 0 amide bonds. The lowest BCUT2D eigenvalue weighted by atomic mass is 10.1. The Balaban J connectivity index is 3.41. The summed E-state index contributed by atoms with van der Waals surface area (Å²) in [5.74, 6) is 9.61. The van der Waals surface area contributed by atoms with Gasteiger partial charge in [0.25, 0.3) is 0 Å². The average Bonchev–Trinajstić information content (AvgIpc) is 2.03. The van der Waals surface area contributed by atoms with Crippen LogP contribution in [0.2, 0.25) is 0 Å². The molecule has 1 unspecified atom stereocenters. The molecule has 0 heterocycles. The van der Waals surface area contributed by atoms with Crippen molar-refractivity contribution in [2.45, 2.75) is 40.0 Å². The van der Waals surface area contributed by atoms with Gasteiger partial charge in [-0.25, -0.2) is 0 Å². The summed E-state index contributed by atoms with van der Waals surface area (Å²) >= 11 is 0. The molecule has 12 heavy (non-hydrogen) atoms. The molecular formula is C12H17. The van der Waals surface area contributed by atoms with E-state index in [1.165, 1.54) is 0 Å². The molecule has 0 saturated carbocycles. The minimum atomic E-state index is 0.262. The molecule has 0 nitrogen and oxygen atoms in total. The predicted octanol–water partition coefficient (Wildman–Crippen LogP) is 3.04. The highest BCUT2D eigenvalue weighted by Gasteiger charge is 1.93. The van der Waals surface area contributed by atoms with E-state index in [2.05, 4.69) is 31.6 Å². The molecular weight excluding hydrogens is 144 g/mol. The highest BCUT2D eigenvalue weighted by atomic mass is 14.0. The SMILES string of the molecule is [C]#CC(C)CCC#CCC(C)C. The van der Waals surface area contributed by atoms with Crippen molar-refractivity contribution in [2.75, 3.05) is 0 Å². The first kappa shape index (κ1) is 11.1. The summed E-state index contributed by atoms with van der Waals surface area (Å²) in [6.07, 6.45) is 9.72. The standard InChI is InChI=1S/C12H17/c1-5-12(4)10-8-6-7-9-11(2)3/h11-12H,8-10H2,2-4H3. The van der Waals surface area contributed by atoms with Gasteiger partial charge in [-0.1, -0.05) is 26.7 Å². The van der Waals surface area contributed by atoms with Crippen LogP contribution in [-0.2, 0) is 0 Å². The van der Waals surface area contributed by atoms with Gasteiger partial charge in [-0.05, 0) is 18.8 Å². The van der Waals surface area contributed by atoms with Crippen molar-refractivity contribution in [1.82, 2.24) is 0 Å². The third-order valence-electron chi connectivity index (χ3n) is 1.58. The summed E-state index contributed by atoms with van der Waals surface area (Å²) < 4.78 is 0.